The quantitative estimate of drug-likeness (QED) is 0.826. The van der Waals surface area contributed by atoms with E-state index in [4.69, 9.17) is 9.47 Å². The van der Waals surface area contributed by atoms with Gasteiger partial charge in [-0.2, -0.15) is 0 Å². The van der Waals surface area contributed by atoms with E-state index in [1.54, 1.807) is 0 Å². The molecular weight excluding hydrogens is 248 g/mol. The van der Waals surface area contributed by atoms with Crippen molar-refractivity contribution < 1.29 is 9.47 Å². The zero-order chi connectivity index (χ0) is 13.5. The zero-order valence-corrected chi connectivity index (χ0v) is 11.4. The van der Waals surface area contributed by atoms with Crippen LogP contribution in [0.1, 0.15) is 24.0 Å². The van der Waals surface area contributed by atoms with Crippen LogP contribution in [0.15, 0.2) is 60.7 Å². The van der Waals surface area contributed by atoms with Gasteiger partial charge in [0, 0.05) is 12.8 Å². The van der Waals surface area contributed by atoms with Crippen LogP contribution in [0.5, 0.6) is 0 Å². The average molecular weight is 266 g/mol. The number of rotatable bonds is 2. The van der Waals surface area contributed by atoms with Gasteiger partial charge in [0.05, 0.1) is 13.2 Å². The molecule has 0 bridgehead atoms. The van der Waals surface area contributed by atoms with E-state index in [0.717, 1.165) is 26.1 Å². The summed E-state index contributed by atoms with van der Waals surface area (Å²) in [6.45, 7) is 1.51. The first-order chi connectivity index (χ1) is 9.87. The molecule has 2 fully saturated rings. The van der Waals surface area contributed by atoms with Gasteiger partial charge >= 0.3 is 0 Å². The lowest BCUT2D eigenvalue weighted by Crippen LogP contribution is -2.42. The summed E-state index contributed by atoms with van der Waals surface area (Å²) in [6.07, 6.45) is 1.85. The van der Waals surface area contributed by atoms with E-state index < -0.39 is 0 Å². The van der Waals surface area contributed by atoms with Gasteiger partial charge in [-0.05, 0) is 11.1 Å². The van der Waals surface area contributed by atoms with Crippen molar-refractivity contribution in [2.75, 3.05) is 13.2 Å². The Kier molecular flexibility index (Phi) is 2.69. The first-order valence-electron chi connectivity index (χ1n) is 7.26. The zero-order valence-electron chi connectivity index (χ0n) is 11.4. The maximum Gasteiger partial charge on any atom is 0.128 e. The number of hydrogen-bond acceptors (Lipinski definition) is 2. The minimum absolute atomic E-state index is 0.324. The number of ether oxygens (including phenoxy) is 2. The molecule has 2 nitrogen and oxygen atoms in total. The van der Waals surface area contributed by atoms with Gasteiger partial charge in [-0.3, -0.25) is 0 Å². The lowest BCUT2D eigenvalue weighted by molar-refractivity contribution is -0.0969. The molecule has 2 aromatic rings. The highest BCUT2D eigenvalue weighted by atomic mass is 16.6. The molecule has 0 spiro atoms. The molecule has 2 aliphatic heterocycles. The van der Waals surface area contributed by atoms with Crippen molar-refractivity contribution in [3.63, 3.8) is 0 Å². The van der Waals surface area contributed by atoms with Crippen LogP contribution >= 0.6 is 0 Å². The lowest BCUT2D eigenvalue weighted by Gasteiger charge is -2.38. The monoisotopic (exact) mass is 266 g/mol. The lowest BCUT2D eigenvalue weighted by atomic mass is 9.73. The highest BCUT2D eigenvalue weighted by Gasteiger charge is 2.62. The van der Waals surface area contributed by atoms with Crippen LogP contribution in [0.4, 0.5) is 0 Å². The van der Waals surface area contributed by atoms with Crippen molar-refractivity contribution in [2.24, 2.45) is 0 Å². The summed E-state index contributed by atoms with van der Waals surface area (Å²) in [7, 11) is 0. The van der Waals surface area contributed by atoms with Crippen molar-refractivity contribution in [1.29, 1.82) is 0 Å². The molecule has 0 unspecified atom stereocenters. The predicted molar refractivity (Wildman–Crippen MR) is 77.4 cm³/mol. The van der Waals surface area contributed by atoms with Crippen molar-refractivity contribution in [3.05, 3.63) is 71.8 Å². The average Bonchev–Trinajstić information content (AvgIpc) is 3.06. The highest BCUT2D eigenvalue weighted by molar-refractivity contribution is 5.37. The molecule has 102 valence electrons. The van der Waals surface area contributed by atoms with Crippen LogP contribution in [0, 0.1) is 0 Å². The molecule has 0 N–H and O–H groups in total. The fraction of sp³-hybridized carbons (Fsp3) is 0.333. The van der Waals surface area contributed by atoms with Crippen molar-refractivity contribution in [2.45, 2.75) is 24.0 Å². The first-order valence-corrected chi connectivity index (χ1v) is 7.26. The fourth-order valence-electron chi connectivity index (χ4n) is 3.86. The minimum atomic E-state index is -0.324. The Morgan fingerprint density at radius 1 is 0.600 bits per heavy atom. The molecule has 0 aromatic heterocycles. The van der Waals surface area contributed by atoms with E-state index in [1.807, 2.05) is 0 Å². The second-order valence-electron chi connectivity index (χ2n) is 5.58. The van der Waals surface area contributed by atoms with Crippen molar-refractivity contribution in [3.8, 4) is 0 Å². The molecule has 4 rings (SSSR count). The molecule has 2 aliphatic rings. The third-order valence-electron chi connectivity index (χ3n) is 4.74. The topological polar surface area (TPSA) is 18.5 Å². The Morgan fingerprint density at radius 2 is 1.00 bits per heavy atom. The van der Waals surface area contributed by atoms with E-state index in [0.29, 0.717) is 0 Å². The number of benzene rings is 2. The fourth-order valence-corrected chi connectivity index (χ4v) is 3.86. The highest BCUT2D eigenvalue weighted by Crippen LogP contribution is 2.58. The summed E-state index contributed by atoms with van der Waals surface area (Å²) in [5.74, 6) is 0. The number of fused-ring (bicyclic) bond motifs is 1. The molecule has 0 radical (unpaired) electrons. The van der Waals surface area contributed by atoms with Gasteiger partial charge < -0.3 is 9.47 Å². The maximum absolute atomic E-state index is 6.28. The molecule has 2 atom stereocenters. The largest absolute Gasteiger partial charge is 0.367 e. The molecule has 20 heavy (non-hydrogen) atoms. The van der Waals surface area contributed by atoms with E-state index >= 15 is 0 Å². The van der Waals surface area contributed by atoms with Gasteiger partial charge in [-0.1, -0.05) is 60.7 Å². The molecule has 2 heteroatoms. The van der Waals surface area contributed by atoms with Gasteiger partial charge in [-0.25, -0.2) is 0 Å². The Morgan fingerprint density at radius 3 is 1.40 bits per heavy atom. The molecule has 0 amide bonds. The van der Waals surface area contributed by atoms with Gasteiger partial charge in [-0.15, -0.1) is 0 Å². The third kappa shape index (κ3) is 1.46. The summed E-state index contributed by atoms with van der Waals surface area (Å²) < 4.78 is 12.6. The Labute approximate surface area is 119 Å². The summed E-state index contributed by atoms with van der Waals surface area (Å²) in [5.41, 5.74) is 1.82. The van der Waals surface area contributed by atoms with E-state index in [9.17, 15) is 0 Å². The van der Waals surface area contributed by atoms with Crippen LogP contribution in [0.2, 0.25) is 0 Å². The van der Waals surface area contributed by atoms with Gasteiger partial charge in [0.15, 0.2) is 0 Å². The second-order valence-corrected chi connectivity index (χ2v) is 5.58. The molecular formula is C18H18O2. The van der Waals surface area contributed by atoms with Crippen LogP contribution < -0.4 is 0 Å². The molecule has 0 aliphatic carbocycles. The van der Waals surface area contributed by atoms with E-state index in [-0.39, 0.29) is 11.2 Å². The standard InChI is InChI=1S/C18H18O2/c1-3-7-15(8-4-1)17-11-13-20-18(17,12-14-19-17)16-9-5-2-6-10-16/h1-10H,11-14H2/t17-,18-/m0/s1. The van der Waals surface area contributed by atoms with Crippen molar-refractivity contribution >= 4 is 0 Å². The third-order valence-corrected chi connectivity index (χ3v) is 4.74. The van der Waals surface area contributed by atoms with Crippen LogP contribution in [-0.4, -0.2) is 13.2 Å². The van der Waals surface area contributed by atoms with Gasteiger partial charge in [0.1, 0.15) is 11.2 Å². The Bertz CT molecular complexity index is 528. The van der Waals surface area contributed by atoms with Gasteiger partial charge in [0.2, 0.25) is 0 Å². The first kappa shape index (κ1) is 12.1. The maximum atomic E-state index is 6.28. The van der Waals surface area contributed by atoms with E-state index in [2.05, 4.69) is 60.7 Å². The van der Waals surface area contributed by atoms with E-state index in [1.165, 1.54) is 11.1 Å². The van der Waals surface area contributed by atoms with Crippen LogP contribution in [0.3, 0.4) is 0 Å². The Balaban J connectivity index is 1.90. The summed E-state index contributed by atoms with van der Waals surface area (Å²) >= 11 is 0. The normalized spacial score (nSPS) is 32.2. The van der Waals surface area contributed by atoms with Gasteiger partial charge in [0.25, 0.3) is 0 Å². The van der Waals surface area contributed by atoms with Crippen molar-refractivity contribution in [1.82, 2.24) is 0 Å². The summed E-state index contributed by atoms with van der Waals surface area (Å²) in [6, 6.07) is 21.1. The van der Waals surface area contributed by atoms with Crippen LogP contribution in [0.25, 0.3) is 0 Å². The second kappa shape index (κ2) is 4.44. The molecule has 2 aromatic carbocycles. The Hall–Kier alpha value is -1.64. The van der Waals surface area contributed by atoms with Crippen LogP contribution in [-0.2, 0) is 20.7 Å². The summed E-state index contributed by atoms with van der Waals surface area (Å²) in [5, 5.41) is 0. The SMILES string of the molecule is c1ccc([C@@]23CCO[C@]2(c2ccccc2)CCO3)cc1. The molecule has 0 saturated carbocycles. The predicted octanol–water partition coefficient (Wildman–Crippen LogP) is 3.62. The minimum Gasteiger partial charge on any atom is -0.367 e. The summed E-state index contributed by atoms with van der Waals surface area (Å²) in [4.78, 5) is 0. The smallest absolute Gasteiger partial charge is 0.128 e. The molecule has 2 heterocycles. The molecule has 2 saturated heterocycles. The number of hydrogen-bond donors (Lipinski definition) is 0.